The van der Waals surface area contributed by atoms with Gasteiger partial charge >= 0.3 is 0 Å². The smallest absolute Gasteiger partial charge is 0.269 e. The molecule has 0 aliphatic carbocycles. The number of ether oxygens (including phenoxy) is 1. The Morgan fingerprint density at radius 3 is 2.72 bits per heavy atom. The molecule has 1 aliphatic rings. The minimum absolute atomic E-state index is 0.0231. The maximum absolute atomic E-state index is 12.8. The normalized spacial score (nSPS) is 12.6. The van der Waals surface area contributed by atoms with Gasteiger partial charge in [-0.2, -0.15) is 5.10 Å². The molecule has 2 heterocycles. The molecule has 0 unspecified atom stereocenters. The second-order valence-corrected chi connectivity index (χ2v) is 6.89. The Labute approximate surface area is 170 Å². The summed E-state index contributed by atoms with van der Waals surface area (Å²) in [5.41, 5.74) is 2.42. The summed E-state index contributed by atoms with van der Waals surface area (Å²) < 4.78 is 7.15. The standard InChI is InChI=1S/C20H15ClN4O4/c1-12-8-19(24(23-12)16-3-5-17(6-4-16)25(27)28)22-20(26)14-9-13-10-15(21)2-7-18(13)29-11-14/h2-10H,11H2,1H3,(H,22,26). The van der Waals surface area contributed by atoms with Crippen LogP contribution in [0.15, 0.2) is 54.1 Å². The molecule has 1 N–H and O–H groups in total. The molecular weight excluding hydrogens is 396 g/mol. The predicted molar refractivity (Wildman–Crippen MR) is 109 cm³/mol. The highest BCUT2D eigenvalue weighted by atomic mass is 35.5. The number of non-ortho nitro benzene ring substituents is 1. The number of nitrogens with zero attached hydrogens (tertiary/aromatic N) is 3. The molecule has 1 aliphatic heterocycles. The van der Waals surface area contributed by atoms with Crippen LogP contribution in [0.2, 0.25) is 5.02 Å². The maximum Gasteiger partial charge on any atom is 0.269 e. The van der Waals surface area contributed by atoms with Crippen LogP contribution in [0.3, 0.4) is 0 Å². The van der Waals surface area contributed by atoms with Crippen molar-refractivity contribution >= 4 is 35.1 Å². The van der Waals surface area contributed by atoms with E-state index < -0.39 is 4.92 Å². The fourth-order valence-corrected chi connectivity index (χ4v) is 3.16. The van der Waals surface area contributed by atoms with Gasteiger partial charge in [0.05, 0.1) is 21.9 Å². The summed E-state index contributed by atoms with van der Waals surface area (Å²) in [6, 6.07) is 12.8. The molecule has 29 heavy (non-hydrogen) atoms. The summed E-state index contributed by atoms with van der Waals surface area (Å²) in [5.74, 6) is 0.774. The summed E-state index contributed by atoms with van der Waals surface area (Å²) >= 11 is 6.02. The van der Waals surface area contributed by atoms with Crippen molar-refractivity contribution in [2.45, 2.75) is 6.92 Å². The number of hydrogen-bond acceptors (Lipinski definition) is 5. The van der Waals surface area contributed by atoms with Crippen LogP contribution in [0.4, 0.5) is 11.5 Å². The number of aromatic nitrogens is 2. The zero-order chi connectivity index (χ0) is 20.5. The third-order valence-electron chi connectivity index (χ3n) is 4.35. The molecule has 0 radical (unpaired) electrons. The Morgan fingerprint density at radius 2 is 2.00 bits per heavy atom. The van der Waals surface area contributed by atoms with E-state index in [1.165, 1.54) is 16.8 Å². The number of hydrogen-bond donors (Lipinski definition) is 1. The number of benzene rings is 2. The first-order valence-corrected chi connectivity index (χ1v) is 9.04. The number of carbonyl (C=O) groups excluding carboxylic acids is 1. The van der Waals surface area contributed by atoms with Gasteiger partial charge in [0, 0.05) is 28.8 Å². The molecule has 0 atom stereocenters. The third-order valence-corrected chi connectivity index (χ3v) is 4.59. The molecule has 2 aromatic carbocycles. The van der Waals surface area contributed by atoms with Gasteiger partial charge in [-0.25, -0.2) is 4.68 Å². The van der Waals surface area contributed by atoms with Crippen LogP contribution < -0.4 is 10.1 Å². The van der Waals surface area contributed by atoms with Crippen LogP contribution in [0.1, 0.15) is 11.3 Å². The van der Waals surface area contributed by atoms with Gasteiger partial charge in [-0.05, 0) is 43.3 Å². The van der Waals surface area contributed by atoms with Gasteiger partial charge in [-0.15, -0.1) is 0 Å². The van der Waals surface area contributed by atoms with E-state index in [-0.39, 0.29) is 18.2 Å². The molecule has 1 aromatic heterocycles. The van der Waals surface area contributed by atoms with Crippen LogP contribution in [0.5, 0.6) is 5.75 Å². The van der Waals surface area contributed by atoms with E-state index in [0.29, 0.717) is 33.5 Å². The van der Waals surface area contributed by atoms with Gasteiger partial charge in [-0.1, -0.05) is 11.6 Å². The first-order chi connectivity index (χ1) is 13.9. The lowest BCUT2D eigenvalue weighted by molar-refractivity contribution is -0.384. The fourth-order valence-electron chi connectivity index (χ4n) is 2.98. The SMILES string of the molecule is Cc1cc(NC(=O)C2=Cc3cc(Cl)ccc3OC2)n(-c2ccc([N+](=O)[O-])cc2)n1. The first kappa shape index (κ1) is 18.7. The topological polar surface area (TPSA) is 99.3 Å². The van der Waals surface area contributed by atoms with Gasteiger partial charge in [-0.3, -0.25) is 14.9 Å². The molecule has 0 spiro atoms. The number of carbonyl (C=O) groups is 1. The lowest BCUT2D eigenvalue weighted by atomic mass is 10.1. The summed E-state index contributed by atoms with van der Waals surface area (Å²) in [4.78, 5) is 23.2. The zero-order valence-corrected chi connectivity index (χ0v) is 16.0. The number of anilines is 1. The number of amides is 1. The van der Waals surface area contributed by atoms with Crippen molar-refractivity contribution in [3.05, 3.63) is 80.5 Å². The molecule has 8 nitrogen and oxygen atoms in total. The van der Waals surface area contributed by atoms with Gasteiger partial charge in [0.2, 0.25) is 0 Å². The highest BCUT2D eigenvalue weighted by Crippen LogP contribution is 2.29. The van der Waals surface area contributed by atoms with Crippen molar-refractivity contribution in [3.63, 3.8) is 0 Å². The van der Waals surface area contributed by atoms with Gasteiger partial charge in [0.1, 0.15) is 18.2 Å². The summed E-state index contributed by atoms with van der Waals surface area (Å²) in [6.45, 7) is 1.92. The number of nitro benzene ring substituents is 1. The molecule has 3 aromatic rings. The number of rotatable bonds is 4. The number of aryl methyl sites for hydroxylation is 1. The molecule has 0 fully saturated rings. The Hall–Kier alpha value is -3.65. The Morgan fingerprint density at radius 1 is 1.24 bits per heavy atom. The van der Waals surface area contributed by atoms with Crippen LogP contribution >= 0.6 is 11.6 Å². The van der Waals surface area contributed by atoms with E-state index >= 15 is 0 Å². The second kappa shape index (κ2) is 7.40. The quantitative estimate of drug-likeness (QED) is 0.514. The van der Waals surface area contributed by atoms with Crippen molar-refractivity contribution in [2.75, 3.05) is 11.9 Å². The second-order valence-electron chi connectivity index (χ2n) is 6.45. The number of halogens is 1. The predicted octanol–water partition coefficient (Wildman–Crippen LogP) is 4.16. The molecule has 146 valence electrons. The highest BCUT2D eigenvalue weighted by Gasteiger charge is 2.20. The number of nitrogens with one attached hydrogen (secondary N) is 1. The number of nitro groups is 1. The molecule has 1 amide bonds. The molecular formula is C20H15ClN4O4. The average molecular weight is 411 g/mol. The fraction of sp³-hybridized carbons (Fsp3) is 0.100. The van der Waals surface area contributed by atoms with Crippen LogP contribution in [-0.2, 0) is 4.79 Å². The van der Waals surface area contributed by atoms with E-state index in [1.54, 1.807) is 49.4 Å². The van der Waals surface area contributed by atoms with Crippen molar-refractivity contribution in [1.29, 1.82) is 0 Å². The molecule has 0 bridgehead atoms. The van der Waals surface area contributed by atoms with Gasteiger partial charge < -0.3 is 10.1 Å². The molecule has 4 rings (SSSR count). The minimum atomic E-state index is -0.472. The monoisotopic (exact) mass is 410 g/mol. The van der Waals surface area contributed by atoms with E-state index in [4.69, 9.17) is 16.3 Å². The third kappa shape index (κ3) is 3.83. The summed E-state index contributed by atoms with van der Waals surface area (Å²) in [5, 5.41) is 18.6. The minimum Gasteiger partial charge on any atom is -0.488 e. The Kier molecular flexibility index (Phi) is 4.77. The summed E-state index contributed by atoms with van der Waals surface area (Å²) in [6.07, 6.45) is 1.74. The van der Waals surface area contributed by atoms with Crippen LogP contribution in [0, 0.1) is 17.0 Å². The first-order valence-electron chi connectivity index (χ1n) is 8.66. The van der Waals surface area contributed by atoms with Crippen LogP contribution in [0.25, 0.3) is 11.8 Å². The van der Waals surface area contributed by atoms with E-state index in [9.17, 15) is 14.9 Å². The van der Waals surface area contributed by atoms with Crippen molar-refractivity contribution in [3.8, 4) is 11.4 Å². The molecule has 9 heteroatoms. The van der Waals surface area contributed by atoms with Gasteiger partial charge in [0.15, 0.2) is 0 Å². The Balaban J connectivity index is 1.60. The van der Waals surface area contributed by atoms with Gasteiger partial charge in [0.25, 0.3) is 11.6 Å². The maximum atomic E-state index is 12.8. The van der Waals surface area contributed by atoms with Crippen molar-refractivity contribution in [2.24, 2.45) is 0 Å². The lowest BCUT2D eigenvalue weighted by Gasteiger charge is -2.18. The lowest BCUT2D eigenvalue weighted by Crippen LogP contribution is -2.22. The summed E-state index contributed by atoms with van der Waals surface area (Å²) in [7, 11) is 0. The van der Waals surface area contributed by atoms with Crippen LogP contribution in [-0.4, -0.2) is 27.2 Å². The zero-order valence-electron chi connectivity index (χ0n) is 15.3. The average Bonchev–Trinajstić information content (AvgIpc) is 3.07. The number of fused-ring (bicyclic) bond motifs is 1. The van der Waals surface area contributed by atoms with E-state index in [0.717, 1.165) is 5.56 Å². The highest BCUT2D eigenvalue weighted by molar-refractivity contribution is 6.30. The largest absolute Gasteiger partial charge is 0.488 e. The van der Waals surface area contributed by atoms with Crippen molar-refractivity contribution < 1.29 is 14.5 Å². The molecule has 0 saturated carbocycles. The van der Waals surface area contributed by atoms with E-state index in [2.05, 4.69) is 10.4 Å². The Bertz CT molecular complexity index is 1150. The van der Waals surface area contributed by atoms with E-state index in [1.807, 2.05) is 0 Å². The molecule has 0 saturated heterocycles. The van der Waals surface area contributed by atoms with Crippen molar-refractivity contribution in [1.82, 2.24) is 9.78 Å².